The Bertz CT molecular complexity index is 2080. The average Bonchev–Trinajstić information content (AvgIpc) is 3.95. The number of ketones is 1. The van der Waals surface area contributed by atoms with Crippen molar-refractivity contribution >= 4 is 56.1 Å². The maximum atomic E-state index is 14.9. The van der Waals surface area contributed by atoms with Gasteiger partial charge >= 0.3 is 5.97 Å². The number of nitrogens with one attached hydrogen (secondary N) is 1. The predicted octanol–water partition coefficient (Wildman–Crippen LogP) is 7.09. The quantitative estimate of drug-likeness (QED) is 0.229. The van der Waals surface area contributed by atoms with E-state index < -0.39 is 49.6 Å². The SMILES string of the molecule is Cc1nc2ccc(Cl)cc2c2c1O[C@]1(CC2)C[C@H]2C(=O)C[C@]3(C(=O)NS(=O)(=O)C4(C)CC4)C[C@H]3/C=C\CCCCC[C@H](CC(=O)OCC3CCCC3)C(=O)N2C1. The number of benzene rings is 1. The molecule has 1 spiro atoms. The lowest BCUT2D eigenvalue weighted by molar-refractivity contribution is -0.151. The van der Waals surface area contributed by atoms with Crippen LogP contribution in [0, 0.1) is 30.1 Å². The molecule has 11 nitrogen and oxygen atoms in total. The molecule has 1 aromatic carbocycles. The number of rotatable bonds is 7. The van der Waals surface area contributed by atoms with Crippen molar-refractivity contribution in [3.05, 3.63) is 46.6 Å². The van der Waals surface area contributed by atoms with Crippen LogP contribution in [0.4, 0.5) is 0 Å². The summed E-state index contributed by atoms with van der Waals surface area (Å²) in [6.07, 6.45) is 14.4. The fourth-order valence-corrected chi connectivity index (χ4v) is 11.3. The van der Waals surface area contributed by atoms with Gasteiger partial charge in [-0.05, 0) is 108 Å². The van der Waals surface area contributed by atoms with Crippen LogP contribution >= 0.6 is 11.6 Å². The van der Waals surface area contributed by atoms with E-state index in [-0.39, 0.29) is 43.4 Å². The molecule has 6 aliphatic rings. The number of esters is 1. The summed E-state index contributed by atoms with van der Waals surface area (Å²) in [5.41, 5.74) is 0.348. The first-order valence-corrected chi connectivity index (χ1v) is 22.6. The number of amides is 2. The van der Waals surface area contributed by atoms with E-state index >= 15 is 0 Å². The Morgan fingerprint density at radius 2 is 1.82 bits per heavy atom. The number of hydrogen-bond acceptors (Lipinski definition) is 9. The topological polar surface area (TPSA) is 149 Å². The number of Topliss-reactive ketones (excluding diaryl/α,β-unsaturated/α-hetero) is 1. The molecule has 2 aromatic rings. The Labute approximate surface area is 334 Å². The summed E-state index contributed by atoms with van der Waals surface area (Å²) in [6, 6.07) is 4.66. The summed E-state index contributed by atoms with van der Waals surface area (Å²) in [4.78, 5) is 63.5. The molecule has 8 rings (SSSR count). The van der Waals surface area contributed by atoms with Crippen LogP contribution < -0.4 is 9.46 Å². The molecule has 2 amide bonds. The van der Waals surface area contributed by atoms with Crippen molar-refractivity contribution in [3.63, 3.8) is 0 Å². The number of carbonyl (C=O) groups excluding carboxylic acids is 4. The summed E-state index contributed by atoms with van der Waals surface area (Å²) < 4.78 is 40.6. The van der Waals surface area contributed by atoms with Crippen molar-refractivity contribution in [2.75, 3.05) is 13.2 Å². The van der Waals surface area contributed by atoms with Gasteiger partial charge in [0.05, 0.1) is 47.0 Å². The third-order valence-electron chi connectivity index (χ3n) is 13.8. The molecule has 4 heterocycles. The van der Waals surface area contributed by atoms with Crippen LogP contribution in [0.1, 0.15) is 121 Å². The van der Waals surface area contributed by atoms with Crippen molar-refractivity contribution < 1.29 is 37.1 Å². The van der Waals surface area contributed by atoms with Gasteiger partial charge in [0.1, 0.15) is 11.4 Å². The van der Waals surface area contributed by atoms with Gasteiger partial charge in [-0.25, -0.2) is 13.4 Å². The van der Waals surface area contributed by atoms with Gasteiger partial charge in [0.15, 0.2) is 5.78 Å². The molecule has 56 heavy (non-hydrogen) atoms. The number of aromatic nitrogens is 1. The molecule has 0 radical (unpaired) electrons. The zero-order valence-electron chi connectivity index (χ0n) is 32.6. The third-order valence-corrected chi connectivity index (χ3v) is 16.2. The number of carbonyl (C=O) groups is 4. The van der Waals surface area contributed by atoms with Gasteiger partial charge in [0.2, 0.25) is 21.8 Å². The first-order chi connectivity index (χ1) is 26.7. The van der Waals surface area contributed by atoms with Crippen molar-refractivity contribution in [1.29, 1.82) is 0 Å². The Hall–Kier alpha value is -3.51. The van der Waals surface area contributed by atoms with Crippen LogP contribution in [0.15, 0.2) is 30.4 Å². The number of allylic oxidation sites excluding steroid dienone is 2. The molecule has 0 bridgehead atoms. The Balaban J connectivity index is 1.11. The van der Waals surface area contributed by atoms with Gasteiger partial charge in [-0.1, -0.05) is 49.4 Å². The first kappa shape index (κ1) is 39.3. The Morgan fingerprint density at radius 1 is 1.05 bits per heavy atom. The van der Waals surface area contributed by atoms with Crippen LogP contribution in [-0.4, -0.2) is 71.4 Å². The lowest BCUT2D eigenvalue weighted by Crippen LogP contribution is -2.48. The van der Waals surface area contributed by atoms with E-state index in [9.17, 15) is 27.6 Å². The normalized spacial score (nSPS) is 31.1. The van der Waals surface area contributed by atoms with E-state index in [0.29, 0.717) is 67.5 Å². The molecule has 5 atom stereocenters. The maximum Gasteiger partial charge on any atom is 0.306 e. The standard InChI is InChI=1S/C43H54ClN3O8S/c1-27-38-32(33-21-31(44)14-15-34(33)45-27)16-17-42(55-38)23-35-36(48)24-43(40(51)46-56(52,53)41(2)18-19-41)22-30(43)13-7-5-3-4-6-12-29(39(50)47(35)26-42)20-37(49)54-25-28-10-8-9-11-28/h7,13-15,21,28-30,35H,3-6,8-12,16-20,22-26H2,1-2H3,(H,46,51)/b13-7-/t29-,30-,35+,42-,43-/m1/s1. The number of halogens is 1. The second kappa shape index (κ2) is 15.0. The predicted molar refractivity (Wildman–Crippen MR) is 211 cm³/mol. The second-order valence-electron chi connectivity index (χ2n) is 17.9. The molecule has 302 valence electrons. The lowest BCUT2D eigenvalue weighted by atomic mass is 9.85. The monoisotopic (exact) mass is 807 g/mol. The van der Waals surface area contributed by atoms with Crippen LogP contribution in [0.5, 0.6) is 5.75 Å². The number of ether oxygens (including phenoxy) is 2. The summed E-state index contributed by atoms with van der Waals surface area (Å²) in [5, 5.41) is 1.49. The summed E-state index contributed by atoms with van der Waals surface area (Å²) in [7, 11) is -3.94. The highest BCUT2D eigenvalue weighted by Gasteiger charge is 2.63. The van der Waals surface area contributed by atoms with Gasteiger partial charge in [-0.3, -0.25) is 23.9 Å². The highest BCUT2D eigenvalue weighted by molar-refractivity contribution is 7.91. The fourth-order valence-electron chi connectivity index (χ4n) is 9.78. The van der Waals surface area contributed by atoms with Gasteiger partial charge in [0.25, 0.3) is 0 Å². The number of hydrogen-bond donors (Lipinski definition) is 1. The van der Waals surface area contributed by atoms with E-state index in [4.69, 9.17) is 26.1 Å². The van der Waals surface area contributed by atoms with Crippen molar-refractivity contribution in [2.45, 2.75) is 139 Å². The van der Waals surface area contributed by atoms with E-state index in [0.717, 1.165) is 67.8 Å². The van der Waals surface area contributed by atoms with E-state index in [1.807, 2.05) is 37.3 Å². The Morgan fingerprint density at radius 3 is 2.59 bits per heavy atom. The highest BCUT2D eigenvalue weighted by Crippen LogP contribution is 2.58. The molecule has 1 N–H and O–H groups in total. The smallest absolute Gasteiger partial charge is 0.306 e. The number of aryl methyl sites for hydroxylation is 2. The Kier molecular flexibility index (Phi) is 10.5. The van der Waals surface area contributed by atoms with Crippen LogP contribution in [0.3, 0.4) is 0 Å². The fraction of sp³-hybridized carbons (Fsp3) is 0.651. The molecule has 3 aliphatic carbocycles. The number of sulfonamides is 1. The molecule has 1 saturated heterocycles. The van der Waals surface area contributed by atoms with Gasteiger partial charge < -0.3 is 14.4 Å². The molecule has 0 unspecified atom stereocenters. The molecule has 13 heteroatoms. The van der Waals surface area contributed by atoms with Gasteiger partial charge in [-0.2, -0.15) is 0 Å². The summed E-state index contributed by atoms with van der Waals surface area (Å²) >= 11 is 6.41. The maximum absolute atomic E-state index is 14.9. The van der Waals surface area contributed by atoms with E-state index in [1.54, 1.807) is 11.8 Å². The van der Waals surface area contributed by atoms with E-state index in [1.165, 1.54) is 0 Å². The molecular weight excluding hydrogens is 754 g/mol. The van der Waals surface area contributed by atoms with Crippen molar-refractivity contribution in [1.82, 2.24) is 14.6 Å². The summed E-state index contributed by atoms with van der Waals surface area (Å²) in [6.45, 7) is 4.02. The minimum absolute atomic E-state index is 0.0691. The number of nitrogens with zero attached hydrogens (tertiary/aromatic N) is 2. The largest absolute Gasteiger partial charge is 0.483 e. The highest BCUT2D eigenvalue weighted by atomic mass is 35.5. The molecule has 3 saturated carbocycles. The zero-order chi connectivity index (χ0) is 39.5. The van der Waals surface area contributed by atoms with Gasteiger partial charge in [0, 0.05) is 34.7 Å². The third kappa shape index (κ3) is 7.61. The van der Waals surface area contributed by atoms with Crippen molar-refractivity contribution in [2.24, 2.45) is 23.2 Å². The minimum Gasteiger partial charge on any atom is -0.483 e. The zero-order valence-corrected chi connectivity index (χ0v) is 34.2. The average molecular weight is 808 g/mol. The molecular formula is C43H54ClN3O8S. The van der Waals surface area contributed by atoms with Crippen molar-refractivity contribution in [3.8, 4) is 5.75 Å². The second-order valence-corrected chi connectivity index (χ2v) is 20.6. The van der Waals surface area contributed by atoms with Crippen LogP contribution in [-0.2, 0) is 40.4 Å². The number of pyridine rings is 1. The number of fused-ring (bicyclic) bond motifs is 5. The summed E-state index contributed by atoms with van der Waals surface area (Å²) in [5.74, 6) is -1.63. The lowest BCUT2D eigenvalue weighted by Gasteiger charge is -2.36. The van der Waals surface area contributed by atoms with Crippen LogP contribution in [0.2, 0.25) is 5.02 Å². The van der Waals surface area contributed by atoms with Gasteiger partial charge in [-0.15, -0.1) is 0 Å². The van der Waals surface area contributed by atoms with E-state index in [2.05, 4.69) is 4.72 Å². The first-order valence-electron chi connectivity index (χ1n) is 20.7. The minimum atomic E-state index is -3.94. The molecule has 3 aliphatic heterocycles. The van der Waals surface area contributed by atoms with Crippen LogP contribution in [0.25, 0.3) is 10.9 Å². The molecule has 4 fully saturated rings. The molecule has 1 aromatic heterocycles.